The van der Waals surface area contributed by atoms with E-state index in [2.05, 4.69) is 9.88 Å². The molecule has 0 aliphatic carbocycles. The second-order valence-electron chi connectivity index (χ2n) is 4.60. The van der Waals surface area contributed by atoms with Gasteiger partial charge in [-0.15, -0.1) is 0 Å². The maximum atomic E-state index is 13.6. The molecule has 102 valence electrons. The van der Waals surface area contributed by atoms with Crippen molar-refractivity contribution in [1.82, 2.24) is 14.5 Å². The molecule has 0 radical (unpaired) electrons. The zero-order chi connectivity index (χ0) is 13.8. The minimum Gasteiger partial charge on any atom is -0.494 e. The highest BCUT2D eigenvalue weighted by Crippen LogP contribution is 2.18. The Hall–Kier alpha value is -1.88. The van der Waals surface area contributed by atoms with Gasteiger partial charge >= 0.3 is 0 Å². The SMILES string of the molecule is COc1ccc(CN(C)Cc2nccn2C)cc1F. The third kappa shape index (κ3) is 3.32. The third-order valence-electron chi connectivity index (χ3n) is 3.00. The Balaban J connectivity index is 2.01. The molecule has 0 aliphatic rings. The number of aromatic nitrogens is 2. The zero-order valence-electron chi connectivity index (χ0n) is 11.4. The minimum atomic E-state index is -0.328. The molecule has 2 aromatic rings. The van der Waals surface area contributed by atoms with E-state index in [0.29, 0.717) is 6.54 Å². The van der Waals surface area contributed by atoms with Crippen molar-refractivity contribution < 1.29 is 9.13 Å². The average molecular weight is 263 g/mol. The number of halogens is 1. The highest BCUT2D eigenvalue weighted by Gasteiger charge is 2.08. The van der Waals surface area contributed by atoms with Crippen LogP contribution in [0.3, 0.4) is 0 Å². The van der Waals surface area contributed by atoms with Crippen LogP contribution < -0.4 is 4.74 Å². The molecule has 0 atom stereocenters. The number of benzene rings is 1. The number of imidazole rings is 1. The Bertz CT molecular complexity index is 553. The zero-order valence-corrected chi connectivity index (χ0v) is 11.4. The fourth-order valence-corrected chi connectivity index (χ4v) is 1.97. The molecule has 1 aromatic carbocycles. The van der Waals surface area contributed by atoms with Gasteiger partial charge in [0.25, 0.3) is 0 Å². The molecule has 0 unspecified atom stereocenters. The van der Waals surface area contributed by atoms with Crippen LogP contribution in [0.2, 0.25) is 0 Å². The average Bonchev–Trinajstić information content (AvgIpc) is 2.75. The number of nitrogens with zero attached hydrogens (tertiary/aromatic N) is 3. The van der Waals surface area contributed by atoms with E-state index >= 15 is 0 Å². The predicted octanol–water partition coefficient (Wildman–Crippen LogP) is 2.20. The summed E-state index contributed by atoms with van der Waals surface area (Å²) in [6.45, 7) is 1.38. The number of hydrogen-bond acceptors (Lipinski definition) is 3. The molecule has 0 saturated carbocycles. The van der Waals surface area contributed by atoms with Gasteiger partial charge in [-0.25, -0.2) is 9.37 Å². The summed E-state index contributed by atoms with van der Waals surface area (Å²) in [5.74, 6) is 0.928. The van der Waals surface area contributed by atoms with Gasteiger partial charge in [0.15, 0.2) is 11.6 Å². The molecule has 19 heavy (non-hydrogen) atoms. The fourth-order valence-electron chi connectivity index (χ4n) is 1.97. The largest absolute Gasteiger partial charge is 0.494 e. The summed E-state index contributed by atoms with van der Waals surface area (Å²) >= 11 is 0. The summed E-state index contributed by atoms with van der Waals surface area (Å²) in [5, 5.41) is 0. The van der Waals surface area contributed by atoms with Gasteiger partial charge in [-0.05, 0) is 24.7 Å². The first-order valence-corrected chi connectivity index (χ1v) is 6.07. The van der Waals surface area contributed by atoms with E-state index in [1.807, 2.05) is 30.9 Å². The summed E-state index contributed by atoms with van der Waals surface area (Å²) in [7, 11) is 5.41. The lowest BCUT2D eigenvalue weighted by Gasteiger charge is -2.16. The van der Waals surface area contributed by atoms with Gasteiger partial charge in [-0.1, -0.05) is 6.07 Å². The number of hydrogen-bond donors (Lipinski definition) is 0. The Morgan fingerprint density at radius 3 is 2.74 bits per heavy atom. The normalized spacial score (nSPS) is 11.0. The topological polar surface area (TPSA) is 30.3 Å². The lowest BCUT2D eigenvalue weighted by molar-refractivity contribution is 0.306. The van der Waals surface area contributed by atoms with Gasteiger partial charge in [0.1, 0.15) is 5.82 Å². The van der Waals surface area contributed by atoms with Gasteiger partial charge < -0.3 is 9.30 Å². The maximum absolute atomic E-state index is 13.6. The van der Waals surface area contributed by atoms with Crippen LogP contribution in [-0.4, -0.2) is 28.6 Å². The number of aryl methyl sites for hydroxylation is 1. The van der Waals surface area contributed by atoms with Crippen LogP contribution in [0.25, 0.3) is 0 Å². The maximum Gasteiger partial charge on any atom is 0.165 e. The van der Waals surface area contributed by atoms with Gasteiger partial charge in [-0.3, -0.25) is 4.90 Å². The monoisotopic (exact) mass is 263 g/mol. The predicted molar refractivity (Wildman–Crippen MR) is 71.3 cm³/mol. The lowest BCUT2D eigenvalue weighted by atomic mass is 10.2. The second kappa shape index (κ2) is 5.84. The highest BCUT2D eigenvalue weighted by atomic mass is 19.1. The van der Waals surface area contributed by atoms with E-state index in [1.165, 1.54) is 13.2 Å². The molecule has 2 rings (SSSR count). The van der Waals surface area contributed by atoms with Gasteiger partial charge in [0.05, 0.1) is 13.7 Å². The summed E-state index contributed by atoms with van der Waals surface area (Å²) in [5.41, 5.74) is 0.912. The molecule has 0 fully saturated rings. The first-order chi connectivity index (χ1) is 9.10. The Kier molecular flexibility index (Phi) is 4.16. The molecular formula is C14H18FN3O. The van der Waals surface area contributed by atoms with Crippen LogP contribution in [0, 0.1) is 5.82 Å². The smallest absolute Gasteiger partial charge is 0.165 e. The van der Waals surface area contributed by atoms with E-state index < -0.39 is 0 Å². The van der Waals surface area contributed by atoms with Crippen molar-refractivity contribution in [3.8, 4) is 5.75 Å². The third-order valence-corrected chi connectivity index (χ3v) is 3.00. The van der Waals surface area contributed by atoms with Crippen LogP contribution in [0.15, 0.2) is 30.6 Å². The quantitative estimate of drug-likeness (QED) is 0.828. The van der Waals surface area contributed by atoms with Crippen molar-refractivity contribution in [2.24, 2.45) is 7.05 Å². The molecule has 0 saturated heterocycles. The molecule has 0 spiro atoms. The standard InChI is InChI=1S/C14H18FN3O/c1-17(10-14-16-6-7-18(14)2)9-11-4-5-13(19-3)12(15)8-11/h4-8H,9-10H2,1-3H3. The van der Waals surface area contributed by atoms with Crippen molar-refractivity contribution in [1.29, 1.82) is 0 Å². The van der Waals surface area contributed by atoms with Crippen LogP contribution in [0.5, 0.6) is 5.75 Å². The van der Waals surface area contributed by atoms with E-state index in [0.717, 1.165) is 17.9 Å². The van der Waals surface area contributed by atoms with Crippen molar-refractivity contribution in [2.45, 2.75) is 13.1 Å². The minimum absolute atomic E-state index is 0.274. The van der Waals surface area contributed by atoms with E-state index in [1.54, 1.807) is 12.3 Å². The first-order valence-electron chi connectivity index (χ1n) is 6.07. The van der Waals surface area contributed by atoms with E-state index in [4.69, 9.17) is 4.74 Å². The van der Waals surface area contributed by atoms with Gasteiger partial charge in [0, 0.05) is 26.0 Å². The molecule has 0 N–H and O–H groups in total. The van der Waals surface area contributed by atoms with Crippen molar-refractivity contribution >= 4 is 0 Å². The number of methoxy groups -OCH3 is 1. The van der Waals surface area contributed by atoms with Gasteiger partial charge in [0.2, 0.25) is 0 Å². The molecule has 5 heteroatoms. The molecule has 1 heterocycles. The van der Waals surface area contributed by atoms with Gasteiger partial charge in [-0.2, -0.15) is 0 Å². The van der Waals surface area contributed by atoms with Crippen LogP contribution >= 0.6 is 0 Å². The summed E-state index contributed by atoms with van der Waals surface area (Å²) in [4.78, 5) is 6.36. The van der Waals surface area contributed by atoms with Crippen molar-refractivity contribution in [2.75, 3.05) is 14.2 Å². The van der Waals surface area contributed by atoms with Crippen LogP contribution in [-0.2, 0) is 20.1 Å². The van der Waals surface area contributed by atoms with Crippen LogP contribution in [0.1, 0.15) is 11.4 Å². The molecule has 0 aliphatic heterocycles. The van der Waals surface area contributed by atoms with Crippen LogP contribution in [0.4, 0.5) is 4.39 Å². The van der Waals surface area contributed by atoms with Crippen molar-refractivity contribution in [3.05, 3.63) is 47.8 Å². The summed E-state index contributed by atoms with van der Waals surface area (Å²) in [6, 6.07) is 5.03. The molecule has 4 nitrogen and oxygen atoms in total. The summed E-state index contributed by atoms with van der Waals surface area (Å²) < 4.78 is 20.5. The second-order valence-corrected chi connectivity index (χ2v) is 4.60. The van der Waals surface area contributed by atoms with E-state index in [-0.39, 0.29) is 11.6 Å². The molecule has 0 bridgehead atoms. The Labute approximate surface area is 112 Å². The number of ether oxygens (including phenoxy) is 1. The highest BCUT2D eigenvalue weighted by molar-refractivity contribution is 5.29. The number of rotatable bonds is 5. The molecular weight excluding hydrogens is 245 g/mol. The Morgan fingerprint density at radius 2 is 2.16 bits per heavy atom. The lowest BCUT2D eigenvalue weighted by Crippen LogP contribution is -2.19. The fraction of sp³-hybridized carbons (Fsp3) is 0.357. The van der Waals surface area contributed by atoms with E-state index in [9.17, 15) is 4.39 Å². The molecule has 1 aromatic heterocycles. The first kappa shape index (κ1) is 13.5. The molecule has 0 amide bonds. The summed E-state index contributed by atoms with van der Waals surface area (Å²) in [6.07, 6.45) is 3.69. The Morgan fingerprint density at radius 1 is 1.37 bits per heavy atom. The van der Waals surface area contributed by atoms with Crippen molar-refractivity contribution in [3.63, 3.8) is 0 Å².